The molecule has 2 aromatic carbocycles. The van der Waals surface area contributed by atoms with E-state index < -0.39 is 12.0 Å². The summed E-state index contributed by atoms with van der Waals surface area (Å²) in [6.45, 7) is 1.67. The lowest BCUT2D eigenvalue weighted by molar-refractivity contribution is -0.159. The molecule has 1 saturated heterocycles. The zero-order chi connectivity index (χ0) is 19.0. The van der Waals surface area contributed by atoms with Gasteiger partial charge >= 0.3 is 5.97 Å². The van der Waals surface area contributed by atoms with E-state index in [1.54, 1.807) is 6.92 Å². The Kier molecular flexibility index (Phi) is 4.52. The van der Waals surface area contributed by atoms with Crippen molar-refractivity contribution >= 4 is 28.6 Å². The first kappa shape index (κ1) is 17.5. The third kappa shape index (κ3) is 3.03. The molecule has 3 atom stereocenters. The van der Waals surface area contributed by atoms with Crippen LogP contribution in [0.5, 0.6) is 0 Å². The molecule has 0 radical (unpaired) electrons. The van der Waals surface area contributed by atoms with E-state index >= 15 is 0 Å². The van der Waals surface area contributed by atoms with Crippen molar-refractivity contribution in [2.24, 2.45) is 11.8 Å². The van der Waals surface area contributed by atoms with Gasteiger partial charge in [-0.3, -0.25) is 14.5 Å². The predicted octanol–water partition coefficient (Wildman–Crippen LogP) is 3.22. The van der Waals surface area contributed by atoms with Gasteiger partial charge in [0.25, 0.3) is 0 Å². The van der Waals surface area contributed by atoms with Crippen molar-refractivity contribution in [3.8, 4) is 0 Å². The second-order valence-corrected chi connectivity index (χ2v) is 7.12. The molecule has 5 heteroatoms. The van der Waals surface area contributed by atoms with E-state index in [9.17, 15) is 14.4 Å². The molecule has 1 aliphatic carbocycles. The normalized spacial score (nSPS) is 22.8. The van der Waals surface area contributed by atoms with E-state index in [1.165, 1.54) is 0 Å². The lowest BCUT2D eigenvalue weighted by Crippen LogP contribution is -2.44. The molecular formula is C22H21NO4. The number of carbonyl (C=O) groups is 3. The zero-order valence-electron chi connectivity index (χ0n) is 15.1. The highest BCUT2D eigenvalue weighted by Gasteiger charge is 2.50. The number of fused-ring (bicyclic) bond motifs is 2. The van der Waals surface area contributed by atoms with Gasteiger partial charge in [0.05, 0.1) is 11.8 Å². The van der Waals surface area contributed by atoms with Crippen LogP contribution in [0.1, 0.15) is 25.3 Å². The molecule has 0 bridgehead atoms. The number of hydrogen-bond donors (Lipinski definition) is 0. The highest BCUT2D eigenvalue weighted by atomic mass is 16.5. The molecule has 1 fully saturated rings. The quantitative estimate of drug-likeness (QED) is 0.475. The van der Waals surface area contributed by atoms with Crippen LogP contribution in [0.15, 0.2) is 54.6 Å². The van der Waals surface area contributed by atoms with E-state index in [1.807, 2.05) is 54.6 Å². The fourth-order valence-electron chi connectivity index (χ4n) is 4.00. The smallest absolute Gasteiger partial charge is 0.329 e. The molecule has 2 amide bonds. The highest BCUT2D eigenvalue weighted by Crippen LogP contribution is 2.36. The van der Waals surface area contributed by atoms with Crippen molar-refractivity contribution in [2.75, 3.05) is 0 Å². The summed E-state index contributed by atoms with van der Waals surface area (Å²) >= 11 is 0. The van der Waals surface area contributed by atoms with Gasteiger partial charge in [0, 0.05) is 0 Å². The number of imide groups is 1. The van der Waals surface area contributed by atoms with E-state index in [-0.39, 0.29) is 30.3 Å². The second kappa shape index (κ2) is 6.99. The summed E-state index contributed by atoms with van der Waals surface area (Å²) in [5.41, 5.74) is 0.894. The maximum atomic E-state index is 12.6. The Balaban J connectivity index is 1.47. The number of nitrogens with zero attached hydrogens (tertiary/aromatic N) is 1. The largest absolute Gasteiger partial charge is 0.459 e. The maximum absolute atomic E-state index is 12.6. The van der Waals surface area contributed by atoms with Crippen LogP contribution in [0, 0.1) is 11.8 Å². The van der Waals surface area contributed by atoms with Gasteiger partial charge in [0.15, 0.2) is 0 Å². The first-order chi connectivity index (χ1) is 13.1. The number of ether oxygens (including phenoxy) is 1. The topological polar surface area (TPSA) is 63.7 Å². The first-order valence-corrected chi connectivity index (χ1v) is 9.23. The van der Waals surface area contributed by atoms with Crippen LogP contribution in [0.3, 0.4) is 0 Å². The fourth-order valence-corrected chi connectivity index (χ4v) is 4.00. The molecule has 1 aliphatic heterocycles. The Labute approximate surface area is 157 Å². The molecule has 5 nitrogen and oxygen atoms in total. The molecule has 0 unspecified atom stereocenters. The van der Waals surface area contributed by atoms with E-state index in [4.69, 9.17) is 4.74 Å². The molecular weight excluding hydrogens is 342 g/mol. The highest BCUT2D eigenvalue weighted by molar-refractivity contribution is 6.08. The fraction of sp³-hybridized carbons (Fsp3) is 0.318. The van der Waals surface area contributed by atoms with Gasteiger partial charge in [0.2, 0.25) is 11.8 Å². The molecule has 2 aromatic rings. The van der Waals surface area contributed by atoms with Crippen molar-refractivity contribution in [3.63, 3.8) is 0 Å². The van der Waals surface area contributed by atoms with Gasteiger partial charge < -0.3 is 4.74 Å². The molecule has 138 valence electrons. The van der Waals surface area contributed by atoms with Crippen molar-refractivity contribution in [3.05, 3.63) is 60.2 Å². The summed E-state index contributed by atoms with van der Waals surface area (Å²) in [6, 6.07) is 12.8. The molecule has 27 heavy (non-hydrogen) atoms. The minimum Gasteiger partial charge on any atom is -0.459 e. The Bertz CT molecular complexity index is 917. The molecule has 0 saturated carbocycles. The van der Waals surface area contributed by atoms with Crippen molar-refractivity contribution < 1.29 is 19.1 Å². The average molecular weight is 363 g/mol. The Morgan fingerprint density at radius 3 is 2.37 bits per heavy atom. The van der Waals surface area contributed by atoms with Gasteiger partial charge in [-0.25, -0.2) is 4.79 Å². The van der Waals surface area contributed by atoms with Crippen LogP contribution in [0.2, 0.25) is 0 Å². The number of likely N-dealkylation sites (tertiary alicyclic amines) is 1. The van der Waals surface area contributed by atoms with Gasteiger partial charge in [-0.05, 0) is 36.1 Å². The van der Waals surface area contributed by atoms with Crippen LogP contribution < -0.4 is 0 Å². The number of allylic oxidation sites excluding steroid dienone is 2. The first-order valence-electron chi connectivity index (χ1n) is 9.23. The van der Waals surface area contributed by atoms with Crippen LogP contribution >= 0.6 is 0 Å². The number of amides is 2. The second-order valence-electron chi connectivity index (χ2n) is 7.12. The lowest BCUT2D eigenvalue weighted by atomic mass is 9.85. The molecule has 0 spiro atoms. The Hall–Kier alpha value is -2.95. The Morgan fingerprint density at radius 2 is 1.67 bits per heavy atom. The number of benzene rings is 2. The van der Waals surface area contributed by atoms with Crippen LogP contribution in [0.25, 0.3) is 10.8 Å². The van der Waals surface area contributed by atoms with Crippen molar-refractivity contribution in [1.29, 1.82) is 0 Å². The van der Waals surface area contributed by atoms with E-state index in [2.05, 4.69) is 0 Å². The summed E-state index contributed by atoms with van der Waals surface area (Å²) < 4.78 is 5.46. The average Bonchev–Trinajstić information content (AvgIpc) is 2.96. The SMILES string of the molecule is C[C@@H](C(=O)OCc1cccc2ccccc12)N1C(=O)[C@H]2CC=CC[C@H]2C1=O. The predicted molar refractivity (Wildman–Crippen MR) is 100 cm³/mol. The number of carbonyl (C=O) groups excluding carboxylic acids is 3. The van der Waals surface area contributed by atoms with Crippen molar-refractivity contribution in [2.45, 2.75) is 32.4 Å². The van der Waals surface area contributed by atoms with Gasteiger partial charge in [-0.15, -0.1) is 0 Å². The summed E-state index contributed by atoms with van der Waals surface area (Å²) in [4.78, 5) is 38.9. The van der Waals surface area contributed by atoms with Gasteiger partial charge in [0.1, 0.15) is 12.6 Å². The van der Waals surface area contributed by atoms with Crippen LogP contribution in [0.4, 0.5) is 0 Å². The number of rotatable bonds is 4. The van der Waals surface area contributed by atoms with E-state index in [0.29, 0.717) is 12.8 Å². The van der Waals surface area contributed by atoms with Crippen molar-refractivity contribution in [1.82, 2.24) is 4.90 Å². The molecule has 4 rings (SSSR count). The summed E-state index contributed by atoms with van der Waals surface area (Å²) in [5, 5.41) is 2.09. The number of esters is 1. The van der Waals surface area contributed by atoms with E-state index in [0.717, 1.165) is 21.2 Å². The zero-order valence-corrected chi connectivity index (χ0v) is 15.1. The molecule has 0 N–H and O–H groups in total. The number of hydrogen-bond acceptors (Lipinski definition) is 4. The van der Waals surface area contributed by atoms with Crippen LogP contribution in [-0.4, -0.2) is 28.7 Å². The van der Waals surface area contributed by atoms with Gasteiger partial charge in [-0.1, -0.05) is 54.6 Å². The lowest BCUT2D eigenvalue weighted by Gasteiger charge is -2.21. The minimum absolute atomic E-state index is 0.106. The standard InChI is InChI=1S/C22H21NO4/c1-14(23-20(24)18-11-4-5-12-19(18)21(23)25)22(26)27-13-16-9-6-8-15-7-2-3-10-17(15)16/h2-10,14,18-19H,11-13H2,1H3/t14-,18-,19+/m0/s1. The maximum Gasteiger partial charge on any atom is 0.329 e. The summed E-state index contributed by atoms with van der Waals surface area (Å²) in [5.74, 6) is -1.75. The third-order valence-electron chi connectivity index (χ3n) is 5.52. The summed E-state index contributed by atoms with van der Waals surface area (Å²) in [7, 11) is 0. The third-order valence-corrected chi connectivity index (χ3v) is 5.52. The molecule has 1 heterocycles. The minimum atomic E-state index is -0.912. The summed E-state index contributed by atoms with van der Waals surface area (Å²) in [6.07, 6.45) is 4.98. The molecule has 0 aromatic heterocycles. The van der Waals surface area contributed by atoms with Gasteiger partial charge in [-0.2, -0.15) is 0 Å². The van der Waals surface area contributed by atoms with Crippen LogP contribution in [-0.2, 0) is 25.7 Å². The Morgan fingerprint density at radius 1 is 1.04 bits per heavy atom. The molecule has 2 aliphatic rings. The monoisotopic (exact) mass is 363 g/mol.